The summed E-state index contributed by atoms with van der Waals surface area (Å²) >= 11 is 0. The third-order valence-electron chi connectivity index (χ3n) is 5.03. The molecule has 1 amide bonds. The van der Waals surface area contributed by atoms with E-state index in [1.165, 1.54) is 18.1 Å². The number of benzene rings is 1. The van der Waals surface area contributed by atoms with E-state index in [0.29, 0.717) is 6.54 Å². The predicted molar refractivity (Wildman–Crippen MR) is 84.7 cm³/mol. The molecule has 120 valence electrons. The largest absolute Gasteiger partial charge is 0.369 e. The predicted octanol–water partition coefficient (Wildman–Crippen LogP) is 0.719. The molecule has 6 nitrogen and oxygen atoms in total. The SMILES string of the molecule is CC(=O)On1cc2c3c(cccc31)[C@H]1CC(C(N)=O)CN[C@@H]1C2. The monoisotopic (exact) mass is 313 g/mol. The lowest BCUT2D eigenvalue weighted by atomic mass is 9.73. The van der Waals surface area contributed by atoms with Gasteiger partial charge in [0.25, 0.3) is 0 Å². The van der Waals surface area contributed by atoms with Crippen molar-refractivity contribution < 1.29 is 14.4 Å². The number of hydrogen-bond acceptors (Lipinski definition) is 4. The second kappa shape index (κ2) is 5.09. The first kappa shape index (κ1) is 14.3. The fourth-order valence-electron chi connectivity index (χ4n) is 4.05. The van der Waals surface area contributed by atoms with Gasteiger partial charge in [0.05, 0.1) is 11.4 Å². The van der Waals surface area contributed by atoms with Gasteiger partial charge in [-0.05, 0) is 30.0 Å². The second-order valence-electron chi connectivity index (χ2n) is 6.46. The zero-order chi connectivity index (χ0) is 16.1. The number of nitrogens with one attached hydrogen (secondary N) is 1. The summed E-state index contributed by atoms with van der Waals surface area (Å²) in [7, 11) is 0. The minimum Gasteiger partial charge on any atom is -0.369 e. The number of rotatable bonds is 2. The van der Waals surface area contributed by atoms with Gasteiger partial charge in [-0.25, -0.2) is 4.79 Å². The van der Waals surface area contributed by atoms with Gasteiger partial charge in [-0.1, -0.05) is 12.1 Å². The van der Waals surface area contributed by atoms with Crippen molar-refractivity contribution in [2.24, 2.45) is 11.7 Å². The average Bonchev–Trinajstić information content (AvgIpc) is 2.85. The first-order valence-corrected chi connectivity index (χ1v) is 7.89. The van der Waals surface area contributed by atoms with Crippen LogP contribution in [0.5, 0.6) is 0 Å². The van der Waals surface area contributed by atoms with Crippen molar-refractivity contribution in [1.29, 1.82) is 0 Å². The lowest BCUT2D eigenvalue weighted by Gasteiger charge is -2.39. The lowest BCUT2D eigenvalue weighted by molar-refractivity contribution is -0.140. The summed E-state index contributed by atoms with van der Waals surface area (Å²) in [5.74, 6) is -0.469. The molecule has 6 heteroatoms. The summed E-state index contributed by atoms with van der Waals surface area (Å²) in [6, 6.07) is 6.31. The van der Waals surface area contributed by atoms with E-state index < -0.39 is 0 Å². The molecule has 3 atom stereocenters. The van der Waals surface area contributed by atoms with Crippen LogP contribution in [0.1, 0.15) is 30.4 Å². The normalized spacial score (nSPS) is 25.9. The fraction of sp³-hybridized carbons (Fsp3) is 0.412. The standard InChI is InChI=1S/C17H19N3O3/c1-9(21)23-20-8-11-6-14-13(5-10(7-19-14)17(18)22)12-3-2-4-15(20)16(11)12/h2-4,8,10,13-14,19H,5-7H2,1H3,(H2,18,22)/t10?,13-,14-/m1/s1. The Bertz CT molecular complexity index is 811. The fourth-order valence-corrected chi connectivity index (χ4v) is 4.05. The molecular formula is C17H19N3O3. The first-order chi connectivity index (χ1) is 11.0. The van der Waals surface area contributed by atoms with Crippen LogP contribution in [0.15, 0.2) is 24.4 Å². The summed E-state index contributed by atoms with van der Waals surface area (Å²) in [6.45, 7) is 2.03. The Kier molecular flexibility index (Phi) is 3.16. The van der Waals surface area contributed by atoms with E-state index in [2.05, 4.69) is 11.4 Å². The summed E-state index contributed by atoms with van der Waals surface area (Å²) in [6.07, 6.45) is 3.52. The van der Waals surface area contributed by atoms with Crippen molar-refractivity contribution in [2.45, 2.75) is 31.7 Å². The Balaban J connectivity index is 1.81. The molecule has 1 aromatic heterocycles. The van der Waals surface area contributed by atoms with Crippen LogP contribution in [0.2, 0.25) is 0 Å². The molecule has 2 heterocycles. The van der Waals surface area contributed by atoms with Crippen molar-refractivity contribution in [3.8, 4) is 0 Å². The number of hydrogen-bond donors (Lipinski definition) is 2. The molecule has 1 fully saturated rings. The van der Waals surface area contributed by atoms with Crippen LogP contribution in [0.3, 0.4) is 0 Å². The molecule has 1 saturated heterocycles. The van der Waals surface area contributed by atoms with Gasteiger partial charge in [0.2, 0.25) is 5.91 Å². The number of nitrogens with zero attached hydrogens (tertiary/aromatic N) is 1. The van der Waals surface area contributed by atoms with Crippen LogP contribution in [0.4, 0.5) is 0 Å². The molecule has 2 aliphatic rings. The topological polar surface area (TPSA) is 86.3 Å². The highest BCUT2D eigenvalue weighted by Crippen LogP contribution is 2.42. The number of piperidine rings is 1. The number of fused-ring (bicyclic) bond motifs is 2. The van der Waals surface area contributed by atoms with E-state index >= 15 is 0 Å². The quantitative estimate of drug-likeness (QED) is 0.855. The Hall–Kier alpha value is -2.34. The molecule has 0 bridgehead atoms. The minimum absolute atomic E-state index is 0.136. The van der Waals surface area contributed by atoms with Crippen molar-refractivity contribution in [3.05, 3.63) is 35.5 Å². The molecule has 1 aliphatic heterocycles. The maximum Gasteiger partial charge on any atom is 0.329 e. The molecule has 23 heavy (non-hydrogen) atoms. The van der Waals surface area contributed by atoms with Crippen LogP contribution in [0.25, 0.3) is 10.9 Å². The Morgan fingerprint density at radius 1 is 1.39 bits per heavy atom. The Morgan fingerprint density at radius 3 is 2.96 bits per heavy atom. The maximum atomic E-state index is 11.6. The van der Waals surface area contributed by atoms with Crippen LogP contribution in [-0.2, 0) is 16.0 Å². The zero-order valence-electron chi connectivity index (χ0n) is 12.9. The maximum absolute atomic E-state index is 11.6. The van der Waals surface area contributed by atoms with Crippen molar-refractivity contribution >= 4 is 22.8 Å². The van der Waals surface area contributed by atoms with Crippen LogP contribution in [-0.4, -0.2) is 29.2 Å². The van der Waals surface area contributed by atoms with Crippen LogP contribution >= 0.6 is 0 Å². The van der Waals surface area contributed by atoms with Gasteiger partial charge in [0, 0.05) is 37.0 Å². The highest BCUT2D eigenvalue weighted by atomic mass is 16.7. The zero-order valence-corrected chi connectivity index (χ0v) is 12.9. The molecule has 1 aromatic carbocycles. The van der Waals surface area contributed by atoms with Gasteiger partial charge in [-0.3, -0.25) is 4.79 Å². The van der Waals surface area contributed by atoms with E-state index in [1.54, 1.807) is 4.73 Å². The van der Waals surface area contributed by atoms with Crippen molar-refractivity contribution in [3.63, 3.8) is 0 Å². The molecule has 0 saturated carbocycles. The Morgan fingerprint density at radius 2 is 2.22 bits per heavy atom. The molecule has 1 aliphatic carbocycles. The first-order valence-electron chi connectivity index (χ1n) is 7.89. The third-order valence-corrected chi connectivity index (χ3v) is 5.03. The summed E-state index contributed by atoms with van der Waals surface area (Å²) in [5.41, 5.74) is 8.77. The van der Waals surface area contributed by atoms with E-state index in [1.807, 2.05) is 18.3 Å². The number of primary amides is 1. The molecule has 4 rings (SSSR count). The molecular weight excluding hydrogens is 294 g/mol. The smallest absolute Gasteiger partial charge is 0.329 e. The van der Waals surface area contributed by atoms with Crippen LogP contribution in [0, 0.1) is 5.92 Å². The number of carbonyl (C=O) groups is 2. The molecule has 1 unspecified atom stereocenters. The Labute approximate surface area is 133 Å². The molecule has 2 aromatic rings. The number of aromatic nitrogens is 1. The lowest BCUT2D eigenvalue weighted by Crippen LogP contribution is -2.49. The second-order valence-corrected chi connectivity index (χ2v) is 6.46. The van der Waals surface area contributed by atoms with E-state index in [4.69, 9.17) is 10.6 Å². The third kappa shape index (κ3) is 2.21. The molecule has 3 N–H and O–H groups in total. The van der Waals surface area contributed by atoms with Crippen molar-refractivity contribution in [1.82, 2.24) is 10.0 Å². The number of carbonyl (C=O) groups excluding carboxylic acids is 2. The van der Waals surface area contributed by atoms with Gasteiger partial charge in [0.1, 0.15) is 0 Å². The highest BCUT2D eigenvalue weighted by Gasteiger charge is 2.38. The van der Waals surface area contributed by atoms with Gasteiger partial charge in [-0.2, -0.15) is 4.73 Å². The summed E-state index contributed by atoms with van der Waals surface area (Å²) < 4.78 is 1.55. The number of nitrogens with two attached hydrogens (primary N) is 1. The van der Waals surface area contributed by atoms with E-state index in [-0.39, 0.29) is 29.8 Å². The van der Waals surface area contributed by atoms with Gasteiger partial charge in [-0.15, -0.1) is 0 Å². The average molecular weight is 313 g/mol. The van der Waals surface area contributed by atoms with Gasteiger partial charge < -0.3 is 15.9 Å². The molecule has 0 spiro atoms. The van der Waals surface area contributed by atoms with Crippen LogP contribution < -0.4 is 15.9 Å². The summed E-state index contributed by atoms with van der Waals surface area (Å²) in [4.78, 5) is 28.2. The van der Waals surface area contributed by atoms with E-state index in [9.17, 15) is 9.59 Å². The van der Waals surface area contributed by atoms with E-state index in [0.717, 1.165) is 23.7 Å². The van der Waals surface area contributed by atoms with Gasteiger partial charge in [0.15, 0.2) is 0 Å². The summed E-state index contributed by atoms with van der Waals surface area (Å²) in [5, 5.41) is 4.61. The highest BCUT2D eigenvalue weighted by molar-refractivity contribution is 5.89. The molecule has 0 radical (unpaired) electrons. The number of amides is 1. The van der Waals surface area contributed by atoms with Crippen molar-refractivity contribution in [2.75, 3.05) is 6.54 Å². The van der Waals surface area contributed by atoms with Gasteiger partial charge >= 0.3 is 5.97 Å². The minimum atomic E-state index is -0.345.